The maximum absolute atomic E-state index is 14.6. The van der Waals surface area contributed by atoms with Crippen molar-refractivity contribution in [1.29, 1.82) is 0 Å². The van der Waals surface area contributed by atoms with Gasteiger partial charge in [-0.25, -0.2) is 0 Å². The van der Waals surface area contributed by atoms with Crippen LogP contribution < -0.4 is 0 Å². The van der Waals surface area contributed by atoms with Crippen LogP contribution in [-0.2, 0) is 6.42 Å². The number of aromatic nitrogens is 1. The summed E-state index contributed by atoms with van der Waals surface area (Å²) in [5.41, 5.74) is 1.08. The Kier molecular flexibility index (Phi) is 14.9. The van der Waals surface area contributed by atoms with E-state index in [1.165, 1.54) is 19.3 Å². The minimum absolute atomic E-state index is 0.862. The molecule has 0 aromatic carbocycles. The van der Waals surface area contributed by atoms with Gasteiger partial charge in [-0.1, -0.05) is 12.1 Å². The average Bonchev–Trinajstić information content (AvgIpc) is 2.58. The molecule has 1 aromatic rings. The van der Waals surface area contributed by atoms with Gasteiger partial charge in [0.1, 0.15) is 0 Å². The van der Waals surface area contributed by atoms with Crippen LogP contribution in [0.4, 0.5) is 2.87 Å². The van der Waals surface area contributed by atoms with E-state index in [4.69, 9.17) is 0 Å². The number of allylic oxidation sites excluding steroid dienone is 1. The molecular weight excluding hydrogens is 392 g/mol. The fourth-order valence-electron chi connectivity index (χ4n) is 2.52. The first kappa shape index (κ1) is 22.6. The van der Waals surface area contributed by atoms with Gasteiger partial charge in [-0.3, -0.25) is 4.98 Å². The van der Waals surface area contributed by atoms with E-state index in [0.29, 0.717) is 0 Å². The summed E-state index contributed by atoms with van der Waals surface area (Å²) in [5, 5.41) is 0. The topological polar surface area (TPSA) is 12.9 Å². The predicted octanol–water partition coefficient (Wildman–Crippen LogP) is 7.11. The molecule has 1 nitrogen and oxygen atoms in total. The minimum atomic E-state index is -3.06. The van der Waals surface area contributed by atoms with Crippen LogP contribution >= 0.6 is 0 Å². The van der Waals surface area contributed by atoms with Crippen molar-refractivity contribution in [3.05, 3.63) is 42.7 Å². The van der Waals surface area contributed by atoms with Crippen LogP contribution in [0.1, 0.15) is 65.0 Å². The van der Waals surface area contributed by atoms with Crippen LogP contribution in [0.3, 0.4) is 0 Å². The van der Waals surface area contributed by atoms with Gasteiger partial charge in [0.05, 0.1) is 0 Å². The maximum atomic E-state index is 14.6. The monoisotopic (exact) mass is 429 g/mol. The third kappa shape index (κ3) is 12.7. The molecule has 0 unspecified atom stereocenters. The first-order valence-electron chi connectivity index (χ1n) is 9.31. The quantitative estimate of drug-likeness (QED) is 0.270. The molecule has 0 atom stereocenters. The van der Waals surface area contributed by atoms with Gasteiger partial charge in [0, 0.05) is 18.3 Å². The fraction of sp³-hybridized carbons (Fsp3) is 0.650. The number of nitrogens with zero attached hydrogens (tertiary/aromatic N) is 1. The molecule has 1 heterocycles. The first-order valence-corrected chi connectivity index (χ1v) is 16.4. The van der Waals surface area contributed by atoms with Crippen molar-refractivity contribution in [3.8, 4) is 0 Å². The van der Waals surface area contributed by atoms with Crippen molar-refractivity contribution >= 4 is 18.9 Å². The van der Waals surface area contributed by atoms with Crippen molar-refractivity contribution in [2.75, 3.05) is 0 Å². The third-order valence-electron chi connectivity index (χ3n) is 4.01. The Labute approximate surface area is 148 Å². The Hall–Kier alpha value is -0.381. The van der Waals surface area contributed by atoms with Gasteiger partial charge in [0.15, 0.2) is 0 Å². The molecule has 1 rings (SSSR count). The van der Waals surface area contributed by atoms with E-state index in [1.807, 2.05) is 24.3 Å². The first-order chi connectivity index (χ1) is 11.1. The van der Waals surface area contributed by atoms with Crippen molar-refractivity contribution < 1.29 is 2.87 Å². The Bertz CT molecular complexity index is 359. The Morgan fingerprint density at radius 1 is 1.00 bits per heavy atom. The van der Waals surface area contributed by atoms with E-state index < -0.39 is 18.9 Å². The van der Waals surface area contributed by atoms with E-state index in [0.717, 1.165) is 44.7 Å². The molecular formula is C20H36FNSn. The van der Waals surface area contributed by atoms with Crippen LogP contribution in [0, 0.1) is 0 Å². The van der Waals surface area contributed by atoms with Crippen molar-refractivity contribution in [2.45, 2.75) is 79.0 Å². The number of pyridine rings is 1. The molecule has 0 aliphatic rings. The SMILES string of the molecule is C=CCc1ccccn1.CCC[CH2][Sn]([F])([CH2]CCC)[CH2]CCC. The summed E-state index contributed by atoms with van der Waals surface area (Å²) in [5.74, 6) is 0. The van der Waals surface area contributed by atoms with Gasteiger partial charge < -0.3 is 0 Å². The standard InChI is InChI=1S/C8H9N.3C4H9.FH.Sn/c1-2-5-8-6-3-4-7-9-8;3*1-3-4-2;;/h2-4,6-7H,1,5H2;3*1,3-4H2,2H3;1H;/q;;;;;+1/p-1. The molecule has 0 fully saturated rings. The van der Waals surface area contributed by atoms with E-state index >= 15 is 0 Å². The third-order valence-corrected chi connectivity index (χ3v) is 14.7. The number of rotatable bonds is 11. The molecule has 1 aromatic heterocycles. The molecule has 0 radical (unpaired) electrons. The van der Waals surface area contributed by atoms with Gasteiger partial charge in [0.2, 0.25) is 0 Å². The molecule has 0 aliphatic heterocycles. The molecule has 0 N–H and O–H groups in total. The Morgan fingerprint density at radius 2 is 1.52 bits per heavy atom. The van der Waals surface area contributed by atoms with Gasteiger partial charge in [-0.2, -0.15) is 0 Å². The van der Waals surface area contributed by atoms with Crippen LogP contribution in [0.2, 0.25) is 13.3 Å². The molecule has 0 saturated heterocycles. The number of hydrogen-bond donors (Lipinski definition) is 0. The number of hydrogen-bond acceptors (Lipinski definition) is 1. The van der Waals surface area contributed by atoms with Gasteiger partial charge in [-0.05, 0) is 12.1 Å². The van der Waals surface area contributed by atoms with E-state index in [9.17, 15) is 2.87 Å². The fourth-order valence-corrected chi connectivity index (χ4v) is 13.1. The summed E-state index contributed by atoms with van der Waals surface area (Å²) in [6, 6.07) is 5.88. The molecule has 132 valence electrons. The van der Waals surface area contributed by atoms with E-state index in [2.05, 4.69) is 32.3 Å². The molecule has 0 amide bonds. The summed E-state index contributed by atoms with van der Waals surface area (Å²) >= 11 is -3.06. The van der Waals surface area contributed by atoms with E-state index in [1.54, 1.807) is 6.20 Å². The molecule has 23 heavy (non-hydrogen) atoms. The summed E-state index contributed by atoms with van der Waals surface area (Å²) in [7, 11) is 0. The Morgan fingerprint density at radius 3 is 1.87 bits per heavy atom. The summed E-state index contributed by atoms with van der Waals surface area (Å²) in [6.07, 6.45) is 11.4. The molecule has 0 saturated carbocycles. The van der Waals surface area contributed by atoms with Gasteiger partial charge >= 0.3 is 94.4 Å². The molecule has 0 bridgehead atoms. The van der Waals surface area contributed by atoms with Gasteiger partial charge in [-0.15, -0.1) is 6.58 Å². The number of halogens is 1. The van der Waals surface area contributed by atoms with E-state index in [-0.39, 0.29) is 0 Å². The Balaban J connectivity index is 0.000000459. The molecule has 0 aliphatic carbocycles. The summed E-state index contributed by atoms with van der Waals surface area (Å²) in [6.45, 7) is 10.1. The summed E-state index contributed by atoms with van der Waals surface area (Å²) < 4.78 is 17.5. The van der Waals surface area contributed by atoms with Crippen LogP contribution in [-0.4, -0.2) is 23.9 Å². The zero-order chi connectivity index (χ0) is 17.4. The zero-order valence-corrected chi connectivity index (χ0v) is 18.3. The second-order valence-corrected chi connectivity index (χ2v) is 17.1. The predicted molar refractivity (Wildman–Crippen MR) is 104 cm³/mol. The average molecular weight is 428 g/mol. The van der Waals surface area contributed by atoms with Crippen molar-refractivity contribution in [2.24, 2.45) is 0 Å². The molecule has 3 heteroatoms. The summed E-state index contributed by atoms with van der Waals surface area (Å²) in [4.78, 5) is 4.10. The van der Waals surface area contributed by atoms with Crippen molar-refractivity contribution in [3.63, 3.8) is 0 Å². The second-order valence-electron chi connectivity index (χ2n) is 6.28. The molecule has 0 spiro atoms. The normalized spacial score (nSPS) is 10.8. The second kappa shape index (κ2) is 15.2. The van der Waals surface area contributed by atoms with Crippen LogP contribution in [0.5, 0.6) is 0 Å². The van der Waals surface area contributed by atoms with Crippen molar-refractivity contribution in [1.82, 2.24) is 4.98 Å². The zero-order valence-electron chi connectivity index (χ0n) is 15.5. The van der Waals surface area contributed by atoms with Crippen LogP contribution in [0.25, 0.3) is 0 Å². The number of unbranched alkanes of at least 4 members (excludes halogenated alkanes) is 3. The van der Waals surface area contributed by atoms with Gasteiger partial charge in [0.25, 0.3) is 0 Å². The van der Waals surface area contributed by atoms with Crippen LogP contribution in [0.15, 0.2) is 37.1 Å².